The average molecular weight is 228 g/mol. The van der Waals surface area contributed by atoms with E-state index < -0.39 is 0 Å². The predicted octanol–water partition coefficient (Wildman–Crippen LogP) is 2.63. The van der Waals surface area contributed by atoms with Crippen molar-refractivity contribution >= 4 is 24.4 Å². The van der Waals surface area contributed by atoms with E-state index in [1.54, 1.807) is 0 Å². The van der Waals surface area contributed by atoms with E-state index in [1.165, 1.54) is 10.5 Å². The van der Waals surface area contributed by atoms with E-state index in [-0.39, 0.29) is 6.61 Å². The minimum Gasteiger partial charge on any atom is -0.396 e. The maximum absolute atomic E-state index is 8.89. The molecule has 1 nitrogen and oxygen atoms in total. The topological polar surface area (TPSA) is 20.2 Å². The second kappa shape index (κ2) is 7.21. The first-order valence-corrected chi connectivity index (χ1v) is 6.42. The van der Waals surface area contributed by atoms with Crippen molar-refractivity contribution in [3.05, 3.63) is 29.8 Å². The molecular weight excluding hydrogens is 212 g/mol. The van der Waals surface area contributed by atoms with Crippen LogP contribution >= 0.6 is 24.4 Å². The summed E-state index contributed by atoms with van der Waals surface area (Å²) in [4.78, 5) is 1.29. The molecule has 0 heterocycles. The van der Waals surface area contributed by atoms with Crippen molar-refractivity contribution in [2.24, 2.45) is 0 Å². The van der Waals surface area contributed by atoms with Gasteiger partial charge in [0, 0.05) is 11.5 Å². The van der Waals surface area contributed by atoms with E-state index in [2.05, 4.69) is 24.8 Å². The molecule has 1 N–H and O–H groups in total. The zero-order valence-electron chi connectivity index (χ0n) is 8.15. The van der Waals surface area contributed by atoms with Gasteiger partial charge in [-0.05, 0) is 36.0 Å². The highest BCUT2D eigenvalue weighted by molar-refractivity contribution is 7.99. The molecular formula is C11H16OS2. The highest BCUT2D eigenvalue weighted by Gasteiger charge is 2.00. The molecule has 1 rings (SSSR count). The zero-order chi connectivity index (χ0) is 10.2. The van der Waals surface area contributed by atoms with Gasteiger partial charge in [0.25, 0.3) is 0 Å². The molecule has 0 fully saturated rings. The summed E-state index contributed by atoms with van der Waals surface area (Å²) in [5.74, 6) is 2.04. The second-order valence-corrected chi connectivity index (χ2v) is 4.59. The van der Waals surface area contributed by atoms with Crippen molar-refractivity contribution in [1.29, 1.82) is 0 Å². The molecule has 0 amide bonds. The fourth-order valence-electron chi connectivity index (χ4n) is 1.22. The number of rotatable bonds is 6. The van der Waals surface area contributed by atoms with Gasteiger partial charge in [0.05, 0.1) is 0 Å². The summed E-state index contributed by atoms with van der Waals surface area (Å²) in [6.07, 6.45) is 1.88. The van der Waals surface area contributed by atoms with Crippen molar-refractivity contribution in [1.82, 2.24) is 0 Å². The first-order chi connectivity index (χ1) is 6.88. The average Bonchev–Trinajstić information content (AvgIpc) is 2.21. The number of thioether (sulfide) groups is 1. The summed E-state index contributed by atoms with van der Waals surface area (Å²) in [5, 5.41) is 8.89. The van der Waals surface area contributed by atoms with E-state index >= 15 is 0 Å². The van der Waals surface area contributed by atoms with E-state index in [0.29, 0.717) is 0 Å². The first kappa shape index (κ1) is 12.0. The van der Waals surface area contributed by atoms with Crippen LogP contribution in [-0.2, 0) is 6.42 Å². The lowest BCUT2D eigenvalue weighted by molar-refractivity contribution is 0.299. The van der Waals surface area contributed by atoms with Gasteiger partial charge in [-0.25, -0.2) is 0 Å². The van der Waals surface area contributed by atoms with Gasteiger partial charge >= 0.3 is 0 Å². The van der Waals surface area contributed by atoms with Crippen LogP contribution in [0.4, 0.5) is 0 Å². The summed E-state index contributed by atoms with van der Waals surface area (Å²) in [6.45, 7) is 0.226. The minimum atomic E-state index is 0.226. The molecule has 14 heavy (non-hydrogen) atoms. The quantitative estimate of drug-likeness (QED) is 0.443. The molecule has 0 aliphatic carbocycles. The van der Waals surface area contributed by atoms with Crippen LogP contribution in [0.1, 0.15) is 12.0 Å². The third-order valence-electron chi connectivity index (χ3n) is 1.91. The lowest BCUT2D eigenvalue weighted by atomic mass is 10.2. The molecule has 0 atom stereocenters. The number of hydrogen-bond acceptors (Lipinski definition) is 3. The standard InChI is InChI=1S/C11H16OS2/c12-7-6-10-4-1-2-5-11(10)14-9-3-8-13/h1-2,4-5,12-13H,3,6-9H2. The van der Waals surface area contributed by atoms with Crippen LogP contribution in [0, 0.1) is 0 Å². The second-order valence-electron chi connectivity index (χ2n) is 3.01. The smallest absolute Gasteiger partial charge is 0.0471 e. The Hall–Kier alpha value is -0.120. The van der Waals surface area contributed by atoms with Crippen LogP contribution in [0.25, 0.3) is 0 Å². The van der Waals surface area contributed by atoms with Gasteiger partial charge in [0.1, 0.15) is 0 Å². The van der Waals surface area contributed by atoms with Crippen molar-refractivity contribution < 1.29 is 5.11 Å². The first-order valence-electron chi connectivity index (χ1n) is 4.81. The Morgan fingerprint density at radius 3 is 2.79 bits per heavy atom. The van der Waals surface area contributed by atoms with Gasteiger partial charge in [0.15, 0.2) is 0 Å². The molecule has 1 aromatic rings. The summed E-state index contributed by atoms with van der Waals surface area (Å²) >= 11 is 6.03. The van der Waals surface area contributed by atoms with Crippen LogP contribution in [0.3, 0.4) is 0 Å². The van der Waals surface area contributed by atoms with Crippen LogP contribution < -0.4 is 0 Å². The van der Waals surface area contributed by atoms with Crippen LogP contribution in [-0.4, -0.2) is 23.2 Å². The molecule has 3 heteroatoms. The Morgan fingerprint density at radius 1 is 1.29 bits per heavy atom. The lowest BCUT2D eigenvalue weighted by Gasteiger charge is -2.06. The van der Waals surface area contributed by atoms with Crippen LogP contribution in [0.15, 0.2) is 29.2 Å². The molecule has 78 valence electrons. The van der Waals surface area contributed by atoms with Gasteiger partial charge in [-0.2, -0.15) is 12.6 Å². The summed E-state index contributed by atoms with van der Waals surface area (Å²) < 4.78 is 0. The molecule has 1 aromatic carbocycles. The molecule has 0 saturated carbocycles. The third-order valence-corrected chi connectivity index (χ3v) is 3.43. The third kappa shape index (κ3) is 3.95. The number of aliphatic hydroxyl groups is 1. The van der Waals surface area contributed by atoms with E-state index in [0.717, 1.165) is 24.3 Å². The normalized spacial score (nSPS) is 10.4. The number of hydrogen-bond donors (Lipinski definition) is 2. The monoisotopic (exact) mass is 228 g/mol. The Balaban J connectivity index is 2.55. The van der Waals surface area contributed by atoms with Gasteiger partial charge in [0.2, 0.25) is 0 Å². The van der Waals surface area contributed by atoms with Gasteiger partial charge < -0.3 is 5.11 Å². The number of aliphatic hydroxyl groups excluding tert-OH is 1. The SMILES string of the molecule is OCCc1ccccc1SCCCS. The fraction of sp³-hybridized carbons (Fsp3) is 0.455. The summed E-state index contributed by atoms with van der Waals surface area (Å²) in [5.41, 5.74) is 1.25. The Labute approximate surface area is 95.3 Å². The van der Waals surface area contributed by atoms with Crippen molar-refractivity contribution in [2.45, 2.75) is 17.7 Å². The highest BCUT2D eigenvalue weighted by atomic mass is 32.2. The van der Waals surface area contributed by atoms with Gasteiger partial charge in [-0.3, -0.25) is 0 Å². The molecule has 0 aromatic heterocycles. The van der Waals surface area contributed by atoms with E-state index in [1.807, 2.05) is 23.9 Å². The van der Waals surface area contributed by atoms with Crippen LogP contribution in [0.2, 0.25) is 0 Å². The molecule has 0 unspecified atom stereocenters. The Morgan fingerprint density at radius 2 is 2.07 bits per heavy atom. The molecule has 0 bridgehead atoms. The maximum Gasteiger partial charge on any atom is 0.0471 e. The van der Waals surface area contributed by atoms with Gasteiger partial charge in [-0.1, -0.05) is 18.2 Å². The van der Waals surface area contributed by atoms with Crippen molar-refractivity contribution in [2.75, 3.05) is 18.1 Å². The molecule has 0 spiro atoms. The summed E-state index contributed by atoms with van der Waals surface area (Å²) in [6, 6.07) is 8.27. The Kier molecular flexibility index (Phi) is 6.15. The Bertz CT molecular complexity index is 263. The molecule has 0 radical (unpaired) electrons. The molecule has 0 saturated heterocycles. The number of thiol groups is 1. The maximum atomic E-state index is 8.89. The zero-order valence-corrected chi connectivity index (χ0v) is 9.86. The van der Waals surface area contributed by atoms with Crippen molar-refractivity contribution in [3.8, 4) is 0 Å². The number of benzene rings is 1. The van der Waals surface area contributed by atoms with E-state index in [9.17, 15) is 0 Å². The fourth-order valence-corrected chi connectivity index (χ4v) is 2.63. The minimum absolute atomic E-state index is 0.226. The van der Waals surface area contributed by atoms with Crippen molar-refractivity contribution in [3.63, 3.8) is 0 Å². The lowest BCUT2D eigenvalue weighted by Crippen LogP contribution is -1.93. The van der Waals surface area contributed by atoms with Crippen LogP contribution in [0.5, 0.6) is 0 Å². The predicted molar refractivity (Wildman–Crippen MR) is 66.4 cm³/mol. The largest absolute Gasteiger partial charge is 0.396 e. The highest BCUT2D eigenvalue weighted by Crippen LogP contribution is 2.23. The van der Waals surface area contributed by atoms with E-state index in [4.69, 9.17) is 5.11 Å². The van der Waals surface area contributed by atoms with Gasteiger partial charge in [-0.15, -0.1) is 11.8 Å². The molecule has 0 aliphatic rings. The summed E-state index contributed by atoms with van der Waals surface area (Å²) in [7, 11) is 0. The molecule has 0 aliphatic heterocycles.